The predicted molar refractivity (Wildman–Crippen MR) is 165 cm³/mol. The first-order valence-electron chi connectivity index (χ1n) is 13.7. The van der Waals surface area contributed by atoms with Gasteiger partial charge < -0.3 is 42.7 Å². The summed E-state index contributed by atoms with van der Waals surface area (Å²) in [7, 11) is 0. The maximum Gasteiger partial charge on any atom is 0.255 e. The summed E-state index contributed by atoms with van der Waals surface area (Å²) < 4.78 is 0. The quantitative estimate of drug-likeness (QED) is 0.217. The van der Waals surface area contributed by atoms with Gasteiger partial charge in [0.1, 0.15) is 5.75 Å². The third-order valence-corrected chi connectivity index (χ3v) is 7.41. The van der Waals surface area contributed by atoms with E-state index in [1.54, 1.807) is 24.3 Å². The molecular formula is C28H37ClN10O3. The van der Waals surface area contributed by atoms with Crippen molar-refractivity contribution in [3.05, 3.63) is 53.6 Å². The molecule has 0 saturated carbocycles. The van der Waals surface area contributed by atoms with Crippen LogP contribution in [0.1, 0.15) is 35.2 Å². The molecule has 9 N–H and O–H groups in total. The van der Waals surface area contributed by atoms with Crippen LogP contribution in [0.25, 0.3) is 0 Å². The number of anilines is 5. The average Bonchev–Trinajstić information content (AvgIpc) is 2.94. The van der Waals surface area contributed by atoms with Gasteiger partial charge in [0.2, 0.25) is 23.8 Å². The molecule has 0 spiro atoms. The molecule has 0 aliphatic carbocycles. The number of phenolic OH excluding ortho intramolecular Hbond substituents is 1. The number of phenols is 1. The summed E-state index contributed by atoms with van der Waals surface area (Å²) in [6.45, 7) is 4.20. The summed E-state index contributed by atoms with van der Waals surface area (Å²) in [6.07, 6.45) is 1.94. The van der Waals surface area contributed by atoms with Gasteiger partial charge >= 0.3 is 0 Å². The van der Waals surface area contributed by atoms with Crippen LogP contribution in [-0.4, -0.2) is 70.1 Å². The SMILES string of the molecule is Cc1ccc(C(=O)Nc2ccc(Nc3nc(N4CCC(C(N)=O)CC4)nc(N4C[C@H](N)C[C@H](N)C4)n3)cc2O)cc1.Cl. The van der Waals surface area contributed by atoms with Crippen LogP contribution in [0.4, 0.5) is 29.2 Å². The van der Waals surface area contributed by atoms with Gasteiger partial charge in [0.25, 0.3) is 5.91 Å². The predicted octanol–water partition coefficient (Wildman–Crippen LogP) is 1.87. The van der Waals surface area contributed by atoms with E-state index in [0.717, 1.165) is 5.56 Å². The van der Waals surface area contributed by atoms with Crippen molar-refractivity contribution in [2.75, 3.05) is 46.6 Å². The van der Waals surface area contributed by atoms with Crippen molar-refractivity contribution < 1.29 is 14.7 Å². The van der Waals surface area contributed by atoms with Gasteiger partial charge in [-0.1, -0.05) is 17.7 Å². The monoisotopic (exact) mass is 596 g/mol. The number of aryl methyl sites for hydroxylation is 1. The number of nitrogens with two attached hydrogens (primary N) is 3. The fraction of sp³-hybridized carbons (Fsp3) is 0.393. The van der Waals surface area contributed by atoms with E-state index in [2.05, 4.69) is 20.6 Å². The Morgan fingerprint density at radius 3 is 2.14 bits per heavy atom. The Bertz CT molecular complexity index is 1410. The molecule has 3 heterocycles. The number of halogens is 1. The third-order valence-electron chi connectivity index (χ3n) is 7.41. The lowest BCUT2D eigenvalue weighted by Crippen LogP contribution is -2.53. The molecule has 3 aromatic rings. The zero-order valence-corrected chi connectivity index (χ0v) is 24.2. The van der Waals surface area contributed by atoms with Gasteiger partial charge in [-0.25, -0.2) is 0 Å². The van der Waals surface area contributed by atoms with Crippen molar-refractivity contribution in [3.8, 4) is 5.75 Å². The molecule has 42 heavy (non-hydrogen) atoms. The number of nitrogens with zero attached hydrogens (tertiary/aromatic N) is 5. The number of benzene rings is 2. The van der Waals surface area contributed by atoms with Crippen molar-refractivity contribution >= 4 is 53.4 Å². The van der Waals surface area contributed by atoms with E-state index >= 15 is 0 Å². The number of aromatic nitrogens is 3. The van der Waals surface area contributed by atoms with Crippen LogP contribution in [0, 0.1) is 12.8 Å². The van der Waals surface area contributed by atoms with Gasteiger partial charge in [0, 0.05) is 61.5 Å². The number of hydrogen-bond donors (Lipinski definition) is 6. The summed E-state index contributed by atoms with van der Waals surface area (Å²) in [5, 5.41) is 16.5. The lowest BCUT2D eigenvalue weighted by atomic mass is 9.96. The van der Waals surface area contributed by atoms with Crippen molar-refractivity contribution in [2.24, 2.45) is 23.1 Å². The van der Waals surface area contributed by atoms with Crippen molar-refractivity contribution in [1.82, 2.24) is 15.0 Å². The Morgan fingerprint density at radius 1 is 0.929 bits per heavy atom. The van der Waals surface area contributed by atoms with Gasteiger partial charge in [-0.05, 0) is 50.5 Å². The van der Waals surface area contributed by atoms with Gasteiger partial charge in [-0.2, -0.15) is 15.0 Å². The Labute approximate surface area is 250 Å². The maximum atomic E-state index is 12.6. The number of nitrogens with one attached hydrogen (secondary N) is 2. The van der Waals surface area contributed by atoms with E-state index in [4.69, 9.17) is 22.2 Å². The van der Waals surface area contributed by atoms with Crippen LogP contribution in [0.5, 0.6) is 5.75 Å². The molecule has 2 saturated heterocycles. The van der Waals surface area contributed by atoms with Crippen LogP contribution in [-0.2, 0) is 4.79 Å². The summed E-state index contributed by atoms with van der Waals surface area (Å²) in [5.41, 5.74) is 20.3. The van der Waals surface area contributed by atoms with E-state index in [0.29, 0.717) is 68.6 Å². The molecule has 0 unspecified atom stereocenters. The Kier molecular flexibility index (Phi) is 9.66. The fourth-order valence-electron chi connectivity index (χ4n) is 5.14. The topological polar surface area (TPSA) is 202 Å². The molecule has 14 heteroatoms. The molecule has 13 nitrogen and oxygen atoms in total. The minimum absolute atomic E-state index is 0. The molecule has 0 bridgehead atoms. The summed E-state index contributed by atoms with van der Waals surface area (Å²) in [5.74, 6) is 0.253. The van der Waals surface area contributed by atoms with Gasteiger partial charge in [0.15, 0.2) is 0 Å². The van der Waals surface area contributed by atoms with E-state index in [1.807, 2.05) is 28.9 Å². The summed E-state index contributed by atoms with van der Waals surface area (Å²) in [4.78, 5) is 42.2. The third kappa shape index (κ3) is 7.35. The lowest BCUT2D eigenvalue weighted by Gasteiger charge is -2.35. The molecule has 2 aromatic carbocycles. The zero-order valence-electron chi connectivity index (χ0n) is 23.4. The first-order chi connectivity index (χ1) is 19.6. The lowest BCUT2D eigenvalue weighted by molar-refractivity contribution is -0.122. The Morgan fingerprint density at radius 2 is 1.55 bits per heavy atom. The normalized spacial score (nSPS) is 19.1. The van der Waals surface area contributed by atoms with Gasteiger partial charge in [-0.3, -0.25) is 9.59 Å². The van der Waals surface area contributed by atoms with Crippen molar-refractivity contribution in [3.63, 3.8) is 0 Å². The second-order valence-electron chi connectivity index (χ2n) is 10.8. The highest BCUT2D eigenvalue weighted by atomic mass is 35.5. The molecule has 2 aliphatic rings. The van der Waals surface area contributed by atoms with E-state index in [1.165, 1.54) is 6.07 Å². The van der Waals surface area contributed by atoms with Crippen LogP contribution in [0.3, 0.4) is 0 Å². The molecule has 0 radical (unpaired) electrons. The number of rotatable bonds is 7. The van der Waals surface area contributed by atoms with E-state index < -0.39 is 0 Å². The van der Waals surface area contributed by atoms with E-state index in [9.17, 15) is 14.7 Å². The minimum Gasteiger partial charge on any atom is -0.506 e. The summed E-state index contributed by atoms with van der Waals surface area (Å²) in [6, 6.07) is 11.7. The zero-order chi connectivity index (χ0) is 29.1. The number of primary amides is 1. The van der Waals surface area contributed by atoms with Crippen molar-refractivity contribution in [1.29, 1.82) is 0 Å². The second kappa shape index (κ2) is 13.2. The Hall–Kier alpha value is -4.20. The summed E-state index contributed by atoms with van der Waals surface area (Å²) >= 11 is 0. The minimum atomic E-state index is -0.328. The molecule has 2 aliphatic heterocycles. The molecule has 2 fully saturated rings. The number of piperidine rings is 2. The smallest absolute Gasteiger partial charge is 0.255 e. The van der Waals surface area contributed by atoms with Gasteiger partial charge in [0.05, 0.1) is 5.69 Å². The molecule has 224 valence electrons. The standard InChI is InChI=1S/C28H36N10O3.ClH/c1-16-2-4-18(5-3-16)25(41)33-22-7-6-21(13-23(22)39)32-26-34-27(37-10-8-17(9-11-37)24(31)40)36-28(35-26)38-14-19(29)12-20(30)15-38;/h2-7,13,17,19-20,39H,8-12,14-15,29-30H2,1H3,(H2,31,40)(H,33,41)(H,32,34,35,36);1H/t19-,20+;. The number of hydrogen-bond acceptors (Lipinski definition) is 11. The van der Waals surface area contributed by atoms with Crippen LogP contribution >= 0.6 is 12.4 Å². The first kappa shape index (κ1) is 30.8. The average molecular weight is 597 g/mol. The number of amides is 2. The molecule has 2 atom stereocenters. The molecule has 5 rings (SSSR count). The number of carbonyl (C=O) groups is 2. The van der Waals surface area contributed by atoms with Gasteiger partial charge in [-0.15, -0.1) is 12.4 Å². The fourth-order valence-corrected chi connectivity index (χ4v) is 5.14. The first-order valence-corrected chi connectivity index (χ1v) is 13.7. The number of carbonyl (C=O) groups excluding carboxylic acids is 2. The van der Waals surface area contributed by atoms with Crippen LogP contribution < -0.4 is 37.6 Å². The second-order valence-corrected chi connectivity index (χ2v) is 10.8. The molecule has 2 amide bonds. The molecule has 1 aromatic heterocycles. The van der Waals surface area contributed by atoms with Crippen molar-refractivity contribution in [2.45, 2.75) is 38.3 Å². The maximum absolute atomic E-state index is 12.6. The van der Waals surface area contributed by atoms with Crippen LogP contribution in [0.15, 0.2) is 42.5 Å². The molecular weight excluding hydrogens is 560 g/mol. The van der Waals surface area contributed by atoms with E-state index in [-0.39, 0.29) is 59.6 Å². The highest BCUT2D eigenvalue weighted by molar-refractivity contribution is 6.05. The Balaban J connectivity index is 0.00000405. The number of aromatic hydroxyl groups is 1. The largest absolute Gasteiger partial charge is 0.506 e. The highest BCUT2D eigenvalue weighted by Gasteiger charge is 2.28. The highest BCUT2D eigenvalue weighted by Crippen LogP contribution is 2.30. The van der Waals surface area contributed by atoms with Crippen LogP contribution in [0.2, 0.25) is 0 Å².